The average molecular weight is 213 g/mol. The van der Waals surface area contributed by atoms with Gasteiger partial charge in [0.25, 0.3) is 0 Å². The maximum Gasteiger partial charge on any atom is 0.0192 e. The van der Waals surface area contributed by atoms with Gasteiger partial charge < -0.3 is 10.2 Å². The predicted molar refractivity (Wildman–Crippen MR) is 66.3 cm³/mol. The lowest BCUT2D eigenvalue weighted by Crippen LogP contribution is -2.53. The Kier molecular flexibility index (Phi) is 5.58. The lowest BCUT2D eigenvalue weighted by atomic mass is 10.1. The third-order valence-corrected chi connectivity index (χ3v) is 3.51. The molecule has 0 amide bonds. The molecular formula is C12H27N3. The summed E-state index contributed by atoms with van der Waals surface area (Å²) in [6, 6.07) is 1.38. The molecule has 0 radical (unpaired) electrons. The van der Waals surface area contributed by atoms with Gasteiger partial charge in [-0.3, -0.25) is 4.90 Å². The number of nitrogens with one attached hydrogen (secondary N) is 1. The summed E-state index contributed by atoms with van der Waals surface area (Å²) < 4.78 is 0. The zero-order valence-corrected chi connectivity index (χ0v) is 10.8. The van der Waals surface area contributed by atoms with E-state index in [4.69, 9.17) is 0 Å². The largest absolute Gasteiger partial charge is 0.313 e. The van der Waals surface area contributed by atoms with Crippen molar-refractivity contribution in [1.82, 2.24) is 15.1 Å². The van der Waals surface area contributed by atoms with Gasteiger partial charge in [-0.15, -0.1) is 0 Å². The minimum absolute atomic E-state index is 0.672. The van der Waals surface area contributed by atoms with E-state index >= 15 is 0 Å². The zero-order chi connectivity index (χ0) is 11.3. The first-order valence-corrected chi connectivity index (χ1v) is 6.33. The molecule has 0 bridgehead atoms. The van der Waals surface area contributed by atoms with Crippen LogP contribution in [0.2, 0.25) is 0 Å². The summed E-state index contributed by atoms with van der Waals surface area (Å²) in [5.41, 5.74) is 0. The van der Waals surface area contributed by atoms with E-state index in [-0.39, 0.29) is 0 Å². The van der Waals surface area contributed by atoms with Crippen LogP contribution in [0.5, 0.6) is 0 Å². The van der Waals surface area contributed by atoms with Gasteiger partial charge in [0, 0.05) is 38.3 Å². The lowest BCUT2D eigenvalue weighted by molar-refractivity contribution is 0.0967. The van der Waals surface area contributed by atoms with Crippen LogP contribution in [0.15, 0.2) is 0 Å². The van der Waals surface area contributed by atoms with Gasteiger partial charge in [0.2, 0.25) is 0 Å². The van der Waals surface area contributed by atoms with Crippen molar-refractivity contribution in [1.29, 1.82) is 0 Å². The monoisotopic (exact) mass is 213 g/mol. The van der Waals surface area contributed by atoms with Crippen LogP contribution in [0, 0.1) is 0 Å². The Balaban J connectivity index is 2.31. The van der Waals surface area contributed by atoms with E-state index in [2.05, 4.69) is 42.9 Å². The number of piperazine rings is 1. The molecule has 2 atom stereocenters. The smallest absolute Gasteiger partial charge is 0.0192 e. The number of hydrogen-bond donors (Lipinski definition) is 1. The second kappa shape index (κ2) is 6.46. The summed E-state index contributed by atoms with van der Waals surface area (Å²) in [6.45, 7) is 12.7. The Morgan fingerprint density at radius 1 is 1.33 bits per heavy atom. The molecule has 3 nitrogen and oxygen atoms in total. The van der Waals surface area contributed by atoms with Gasteiger partial charge in [0.15, 0.2) is 0 Å². The van der Waals surface area contributed by atoms with Crippen LogP contribution in [-0.4, -0.2) is 61.7 Å². The first-order valence-electron chi connectivity index (χ1n) is 6.33. The molecule has 1 aliphatic rings. The predicted octanol–water partition coefficient (Wildman–Crippen LogP) is 1.01. The molecule has 0 aromatic carbocycles. The third-order valence-electron chi connectivity index (χ3n) is 3.51. The molecule has 1 rings (SSSR count). The number of likely N-dealkylation sites (N-methyl/N-ethyl adjacent to an activating group) is 2. The van der Waals surface area contributed by atoms with Crippen LogP contribution in [-0.2, 0) is 0 Å². The van der Waals surface area contributed by atoms with Crippen molar-refractivity contribution in [3.63, 3.8) is 0 Å². The first-order chi connectivity index (χ1) is 7.17. The van der Waals surface area contributed by atoms with Crippen molar-refractivity contribution in [2.45, 2.75) is 39.3 Å². The summed E-state index contributed by atoms with van der Waals surface area (Å²) in [4.78, 5) is 5.05. The SMILES string of the molecule is CCNC(CC)CN1CCN(C)C(C)C1. The quantitative estimate of drug-likeness (QED) is 0.735. The van der Waals surface area contributed by atoms with E-state index in [9.17, 15) is 0 Å². The van der Waals surface area contributed by atoms with Crippen LogP contribution >= 0.6 is 0 Å². The normalized spacial score (nSPS) is 26.8. The molecule has 1 fully saturated rings. The van der Waals surface area contributed by atoms with E-state index in [1.807, 2.05) is 0 Å². The Labute approximate surface area is 94.8 Å². The fourth-order valence-electron chi connectivity index (χ4n) is 2.23. The molecule has 0 spiro atoms. The van der Waals surface area contributed by atoms with Crippen molar-refractivity contribution in [2.24, 2.45) is 0 Å². The van der Waals surface area contributed by atoms with Gasteiger partial charge in [0.05, 0.1) is 0 Å². The van der Waals surface area contributed by atoms with Crippen LogP contribution in [0.1, 0.15) is 27.2 Å². The summed E-state index contributed by atoms with van der Waals surface area (Å²) in [6.07, 6.45) is 1.23. The standard InChI is InChI=1S/C12H27N3/c1-5-12(13-6-2)10-15-8-7-14(4)11(3)9-15/h11-13H,5-10H2,1-4H3. The maximum absolute atomic E-state index is 3.55. The highest BCUT2D eigenvalue weighted by molar-refractivity contribution is 4.79. The molecule has 0 aliphatic carbocycles. The first kappa shape index (κ1) is 12.9. The highest BCUT2D eigenvalue weighted by atomic mass is 15.3. The van der Waals surface area contributed by atoms with Crippen molar-refractivity contribution < 1.29 is 0 Å². The second-order valence-corrected chi connectivity index (χ2v) is 4.75. The molecule has 0 aromatic heterocycles. The van der Waals surface area contributed by atoms with Gasteiger partial charge in [0.1, 0.15) is 0 Å². The Bertz CT molecular complexity index is 172. The number of hydrogen-bond acceptors (Lipinski definition) is 3. The Hall–Kier alpha value is -0.120. The van der Waals surface area contributed by atoms with Crippen molar-refractivity contribution in [3.05, 3.63) is 0 Å². The molecular weight excluding hydrogens is 186 g/mol. The average Bonchev–Trinajstić information content (AvgIpc) is 2.23. The fraction of sp³-hybridized carbons (Fsp3) is 1.00. The summed E-state index contributed by atoms with van der Waals surface area (Å²) >= 11 is 0. The maximum atomic E-state index is 3.55. The van der Waals surface area contributed by atoms with E-state index in [1.165, 1.54) is 32.6 Å². The highest BCUT2D eigenvalue weighted by Gasteiger charge is 2.21. The van der Waals surface area contributed by atoms with Crippen LogP contribution in [0.25, 0.3) is 0 Å². The van der Waals surface area contributed by atoms with E-state index in [1.54, 1.807) is 0 Å². The molecule has 1 aliphatic heterocycles. The topological polar surface area (TPSA) is 18.5 Å². The summed E-state index contributed by atoms with van der Waals surface area (Å²) in [5.74, 6) is 0. The molecule has 0 saturated carbocycles. The van der Waals surface area contributed by atoms with E-state index in [0.717, 1.165) is 6.54 Å². The second-order valence-electron chi connectivity index (χ2n) is 4.75. The Morgan fingerprint density at radius 2 is 2.07 bits per heavy atom. The summed E-state index contributed by atoms with van der Waals surface area (Å²) in [5, 5.41) is 3.55. The fourth-order valence-corrected chi connectivity index (χ4v) is 2.23. The minimum Gasteiger partial charge on any atom is -0.313 e. The van der Waals surface area contributed by atoms with E-state index < -0.39 is 0 Å². The Morgan fingerprint density at radius 3 is 2.60 bits per heavy atom. The molecule has 1 saturated heterocycles. The van der Waals surface area contributed by atoms with Crippen molar-refractivity contribution >= 4 is 0 Å². The molecule has 1 N–H and O–H groups in total. The zero-order valence-electron chi connectivity index (χ0n) is 10.8. The van der Waals surface area contributed by atoms with Crippen molar-refractivity contribution in [2.75, 3.05) is 39.8 Å². The molecule has 2 unspecified atom stereocenters. The number of nitrogens with zero attached hydrogens (tertiary/aromatic N) is 2. The molecule has 0 aromatic rings. The molecule has 1 heterocycles. The van der Waals surface area contributed by atoms with Gasteiger partial charge >= 0.3 is 0 Å². The molecule has 90 valence electrons. The van der Waals surface area contributed by atoms with E-state index in [0.29, 0.717) is 12.1 Å². The van der Waals surface area contributed by atoms with Crippen LogP contribution in [0.4, 0.5) is 0 Å². The van der Waals surface area contributed by atoms with Gasteiger partial charge in [-0.05, 0) is 26.9 Å². The lowest BCUT2D eigenvalue weighted by Gasteiger charge is -2.39. The molecule has 15 heavy (non-hydrogen) atoms. The number of rotatable bonds is 5. The van der Waals surface area contributed by atoms with Gasteiger partial charge in [-0.25, -0.2) is 0 Å². The van der Waals surface area contributed by atoms with Crippen LogP contribution < -0.4 is 5.32 Å². The van der Waals surface area contributed by atoms with Crippen LogP contribution in [0.3, 0.4) is 0 Å². The van der Waals surface area contributed by atoms with Gasteiger partial charge in [-0.1, -0.05) is 13.8 Å². The third kappa shape index (κ3) is 4.09. The summed E-state index contributed by atoms with van der Waals surface area (Å²) in [7, 11) is 2.23. The highest BCUT2D eigenvalue weighted by Crippen LogP contribution is 2.08. The molecule has 3 heteroatoms. The minimum atomic E-state index is 0.672. The van der Waals surface area contributed by atoms with Gasteiger partial charge in [-0.2, -0.15) is 0 Å². The van der Waals surface area contributed by atoms with Crippen molar-refractivity contribution in [3.8, 4) is 0 Å².